The Kier molecular flexibility index (Phi) is 5.20. The lowest BCUT2D eigenvalue weighted by atomic mass is 10.1. The number of benzene rings is 1. The molecule has 0 fully saturated rings. The Morgan fingerprint density at radius 3 is 2.52 bits per heavy atom. The summed E-state index contributed by atoms with van der Waals surface area (Å²) in [4.78, 5) is 8.89. The Balaban J connectivity index is 2.08. The first-order chi connectivity index (χ1) is 9.83. The van der Waals surface area contributed by atoms with Crippen LogP contribution in [0.2, 0.25) is 10.0 Å². The van der Waals surface area contributed by atoms with Crippen LogP contribution in [-0.2, 0) is 13.0 Å². The molecule has 0 saturated carbocycles. The largest absolute Gasteiger partial charge is 0.306 e. The highest BCUT2D eigenvalue weighted by Gasteiger charge is 2.09. The van der Waals surface area contributed by atoms with Gasteiger partial charge in [-0.25, -0.2) is 9.97 Å². The van der Waals surface area contributed by atoms with Crippen molar-refractivity contribution in [2.24, 2.45) is 0 Å². The highest BCUT2D eigenvalue weighted by Crippen LogP contribution is 2.23. The van der Waals surface area contributed by atoms with Crippen LogP contribution in [0.1, 0.15) is 37.9 Å². The molecule has 0 saturated heterocycles. The molecule has 0 spiro atoms. The first-order valence-electron chi connectivity index (χ1n) is 6.83. The van der Waals surface area contributed by atoms with Crippen LogP contribution in [-0.4, -0.2) is 15.5 Å². The van der Waals surface area contributed by atoms with E-state index in [0.717, 1.165) is 23.6 Å². The predicted octanol–water partition coefficient (Wildman–Crippen LogP) is 4.26. The fourth-order valence-corrected chi connectivity index (χ4v) is 2.13. The monoisotopic (exact) mass is 323 g/mol. The summed E-state index contributed by atoms with van der Waals surface area (Å²) in [6.45, 7) is 7.11. The lowest BCUT2D eigenvalue weighted by molar-refractivity contribution is 0.420. The summed E-state index contributed by atoms with van der Waals surface area (Å²) in [6, 6.07) is 7.52. The summed E-state index contributed by atoms with van der Waals surface area (Å²) in [5, 5.41) is 4.53. The average Bonchev–Trinajstić information content (AvgIpc) is 2.40. The second-order valence-corrected chi connectivity index (χ2v) is 6.81. The van der Waals surface area contributed by atoms with Crippen molar-refractivity contribution in [2.45, 2.75) is 39.3 Å². The van der Waals surface area contributed by atoms with E-state index in [4.69, 9.17) is 23.2 Å². The van der Waals surface area contributed by atoms with Gasteiger partial charge < -0.3 is 5.32 Å². The summed E-state index contributed by atoms with van der Waals surface area (Å²) in [7, 11) is 0. The van der Waals surface area contributed by atoms with Crippen molar-refractivity contribution in [1.29, 1.82) is 0 Å². The second-order valence-electron chi connectivity index (χ2n) is 5.99. The van der Waals surface area contributed by atoms with Crippen molar-refractivity contribution in [3.8, 4) is 0 Å². The maximum atomic E-state index is 6.03. The van der Waals surface area contributed by atoms with Crippen LogP contribution in [0, 0.1) is 0 Å². The van der Waals surface area contributed by atoms with Crippen LogP contribution < -0.4 is 5.32 Å². The minimum absolute atomic E-state index is 0.0643. The first-order valence-corrected chi connectivity index (χ1v) is 7.59. The molecule has 0 radical (unpaired) electrons. The molecule has 1 aromatic heterocycles. The number of hydrogen-bond donors (Lipinski definition) is 1. The molecule has 0 amide bonds. The van der Waals surface area contributed by atoms with E-state index in [9.17, 15) is 0 Å². The van der Waals surface area contributed by atoms with E-state index in [-0.39, 0.29) is 5.54 Å². The summed E-state index contributed by atoms with van der Waals surface area (Å²) in [5.74, 6) is 0.779. The molecule has 0 aliphatic rings. The van der Waals surface area contributed by atoms with E-state index in [1.54, 1.807) is 12.3 Å². The fourth-order valence-electron chi connectivity index (χ4n) is 1.81. The van der Waals surface area contributed by atoms with Gasteiger partial charge in [-0.05, 0) is 44.5 Å². The topological polar surface area (TPSA) is 37.8 Å². The minimum atomic E-state index is 0.0643. The fraction of sp³-hybridized carbons (Fsp3) is 0.375. The molecule has 2 aromatic rings. The van der Waals surface area contributed by atoms with E-state index >= 15 is 0 Å². The molecule has 0 aliphatic heterocycles. The Hall–Kier alpha value is -1.16. The molecule has 2 rings (SSSR count). The lowest BCUT2D eigenvalue weighted by Gasteiger charge is -2.20. The van der Waals surface area contributed by atoms with E-state index in [0.29, 0.717) is 16.5 Å². The molecule has 21 heavy (non-hydrogen) atoms. The molecule has 0 aliphatic carbocycles. The van der Waals surface area contributed by atoms with E-state index in [1.165, 1.54) is 0 Å². The Bertz CT molecular complexity index is 621. The van der Waals surface area contributed by atoms with Gasteiger partial charge in [0.05, 0.1) is 15.7 Å². The maximum absolute atomic E-state index is 6.03. The standard InChI is InChI=1S/C16H19Cl2N3/c1-16(2,3)20-10-12-6-7-19-15(21-12)9-11-4-5-13(17)14(18)8-11/h4-8,20H,9-10H2,1-3H3. The number of hydrogen-bond acceptors (Lipinski definition) is 3. The number of halogens is 2. The normalized spacial score (nSPS) is 11.7. The molecule has 1 N–H and O–H groups in total. The van der Waals surface area contributed by atoms with Crippen LogP contribution in [0.25, 0.3) is 0 Å². The van der Waals surface area contributed by atoms with Gasteiger partial charge in [0.25, 0.3) is 0 Å². The van der Waals surface area contributed by atoms with Crippen molar-refractivity contribution in [3.05, 3.63) is 57.6 Å². The van der Waals surface area contributed by atoms with Gasteiger partial charge in [0.1, 0.15) is 5.82 Å². The van der Waals surface area contributed by atoms with Crippen molar-refractivity contribution in [1.82, 2.24) is 15.3 Å². The highest BCUT2D eigenvalue weighted by molar-refractivity contribution is 6.42. The van der Waals surface area contributed by atoms with E-state index < -0.39 is 0 Å². The van der Waals surface area contributed by atoms with Gasteiger partial charge in [0, 0.05) is 24.7 Å². The Morgan fingerprint density at radius 1 is 1.10 bits per heavy atom. The molecule has 5 heteroatoms. The van der Waals surface area contributed by atoms with Crippen LogP contribution >= 0.6 is 23.2 Å². The molecule has 0 unspecified atom stereocenters. The van der Waals surface area contributed by atoms with Crippen molar-refractivity contribution in [2.75, 3.05) is 0 Å². The van der Waals surface area contributed by atoms with Crippen molar-refractivity contribution < 1.29 is 0 Å². The molecule has 112 valence electrons. The van der Waals surface area contributed by atoms with Gasteiger partial charge >= 0.3 is 0 Å². The predicted molar refractivity (Wildman–Crippen MR) is 87.9 cm³/mol. The van der Waals surface area contributed by atoms with Gasteiger partial charge in [-0.2, -0.15) is 0 Å². The number of aromatic nitrogens is 2. The third kappa shape index (κ3) is 5.27. The molecule has 0 atom stereocenters. The quantitative estimate of drug-likeness (QED) is 0.913. The van der Waals surface area contributed by atoms with Crippen LogP contribution in [0.3, 0.4) is 0 Å². The molecular formula is C16H19Cl2N3. The van der Waals surface area contributed by atoms with Crippen LogP contribution in [0.4, 0.5) is 0 Å². The zero-order valence-electron chi connectivity index (χ0n) is 12.5. The summed E-state index contributed by atoms with van der Waals surface area (Å²) in [6.07, 6.45) is 2.43. The summed E-state index contributed by atoms with van der Waals surface area (Å²) < 4.78 is 0. The smallest absolute Gasteiger partial charge is 0.132 e. The summed E-state index contributed by atoms with van der Waals surface area (Å²) >= 11 is 11.9. The molecule has 0 bridgehead atoms. The minimum Gasteiger partial charge on any atom is -0.306 e. The van der Waals surface area contributed by atoms with Gasteiger partial charge in [-0.3, -0.25) is 0 Å². The Morgan fingerprint density at radius 2 is 1.86 bits per heavy atom. The van der Waals surface area contributed by atoms with E-state index in [2.05, 4.69) is 36.1 Å². The molecular weight excluding hydrogens is 305 g/mol. The van der Waals surface area contributed by atoms with Gasteiger partial charge in [-0.1, -0.05) is 29.3 Å². The van der Waals surface area contributed by atoms with Gasteiger partial charge in [0.2, 0.25) is 0 Å². The SMILES string of the molecule is CC(C)(C)NCc1ccnc(Cc2ccc(Cl)c(Cl)c2)n1. The van der Waals surface area contributed by atoms with Crippen LogP contribution in [0.5, 0.6) is 0 Å². The van der Waals surface area contributed by atoms with E-state index in [1.807, 2.05) is 18.2 Å². The molecule has 1 heterocycles. The highest BCUT2D eigenvalue weighted by atomic mass is 35.5. The summed E-state index contributed by atoms with van der Waals surface area (Å²) in [5.41, 5.74) is 2.09. The zero-order chi connectivity index (χ0) is 15.5. The van der Waals surface area contributed by atoms with Gasteiger partial charge in [-0.15, -0.1) is 0 Å². The average molecular weight is 324 g/mol. The molecule has 1 aromatic carbocycles. The second kappa shape index (κ2) is 6.73. The van der Waals surface area contributed by atoms with Gasteiger partial charge in [0.15, 0.2) is 0 Å². The first kappa shape index (κ1) is 16.2. The number of nitrogens with one attached hydrogen (secondary N) is 1. The third-order valence-electron chi connectivity index (χ3n) is 2.91. The number of nitrogens with zero attached hydrogens (tertiary/aromatic N) is 2. The van der Waals surface area contributed by atoms with Crippen LogP contribution in [0.15, 0.2) is 30.5 Å². The zero-order valence-corrected chi connectivity index (χ0v) is 14.0. The van der Waals surface area contributed by atoms with Crippen molar-refractivity contribution in [3.63, 3.8) is 0 Å². The number of rotatable bonds is 4. The Labute approximate surface area is 135 Å². The maximum Gasteiger partial charge on any atom is 0.132 e. The third-order valence-corrected chi connectivity index (χ3v) is 3.65. The molecule has 3 nitrogen and oxygen atoms in total. The lowest BCUT2D eigenvalue weighted by Crippen LogP contribution is -2.35. The van der Waals surface area contributed by atoms with Crippen molar-refractivity contribution >= 4 is 23.2 Å².